The fraction of sp³-hybridized carbons (Fsp3) is 0.444. The molecule has 1 atom stereocenters. The first-order chi connectivity index (χ1) is 6.70. The molecule has 0 amide bonds. The Morgan fingerprint density at radius 1 is 1.64 bits per heavy atom. The second kappa shape index (κ2) is 5.59. The lowest BCUT2D eigenvalue weighted by Crippen LogP contribution is -2.08. The standard InChI is InChI=1S/C9H15N3OS/c1-14(13)7-3-6-11-8-4-2-5-12-9(8)10/h2,4-5,11H,3,6-7H2,1H3,(H2,10,12). The Morgan fingerprint density at radius 3 is 3.07 bits per heavy atom. The Bertz CT molecular complexity index is 317. The van der Waals surface area contributed by atoms with E-state index in [1.165, 1.54) is 0 Å². The van der Waals surface area contributed by atoms with Crippen LogP contribution in [0.5, 0.6) is 0 Å². The third kappa shape index (κ3) is 3.74. The van der Waals surface area contributed by atoms with Crippen LogP contribution in [0.1, 0.15) is 6.42 Å². The second-order valence-corrected chi connectivity index (χ2v) is 4.55. The van der Waals surface area contributed by atoms with E-state index in [9.17, 15) is 4.21 Å². The van der Waals surface area contributed by atoms with Crippen molar-refractivity contribution in [1.82, 2.24) is 4.98 Å². The maximum Gasteiger partial charge on any atom is 0.146 e. The van der Waals surface area contributed by atoms with Gasteiger partial charge in [-0.15, -0.1) is 0 Å². The van der Waals surface area contributed by atoms with Crippen LogP contribution < -0.4 is 11.1 Å². The molecule has 78 valence electrons. The summed E-state index contributed by atoms with van der Waals surface area (Å²) in [5.74, 6) is 1.22. The van der Waals surface area contributed by atoms with Gasteiger partial charge in [0.2, 0.25) is 0 Å². The molecule has 0 radical (unpaired) electrons. The fourth-order valence-corrected chi connectivity index (χ4v) is 1.62. The first kappa shape index (κ1) is 11.0. The van der Waals surface area contributed by atoms with Gasteiger partial charge in [0, 0.05) is 35.5 Å². The lowest BCUT2D eigenvalue weighted by molar-refractivity contribution is 0.685. The van der Waals surface area contributed by atoms with Crippen LogP contribution in [-0.2, 0) is 10.8 Å². The molecule has 0 aliphatic heterocycles. The van der Waals surface area contributed by atoms with Gasteiger partial charge in [-0.2, -0.15) is 0 Å². The molecule has 3 N–H and O–H groups in total. The minimum atomic E-state index is -0.716. The van der Waals surface area contributed by atoms with Crippen LogP contribution in [0.25, 0.3) is 0 Å². The fourth-order valence-electron chi connectivity index (χ4n) is 1.07. The summed E-state index contributed by atoms with van der Waals surface area (Å²) in [6.07, 6.45) is 4.23. The summed E-state index contributed by atoms with van der Waals surface area (Å²) in [6, 6.07) is 3.71. The monoisotopic (exact) mass is 213 g/mol. The highest BCUT2D eigenvalue weighted by molar-refractivity contribution is 7.84. The summed E-state index contributed by atoms with van der Waals surface area (Å²) < 4.78 is 10.8. The molecule has 0 aliphatic rings. The van der Waals surface area contributed by atoms with Crippen molar-refractivity contribution in [2.75, 3.05) is 29.6 Å². The van der Waals surface area contributed by atoms with E-state index in [0.29, 0.717) is 11.6 Å². The molecule has 0 fully saturated rings. The number of nitrogens with zero attached hydrogens (tertiary/aromatic N) is 1. The Morgan fingerprint density at radius 2 is 2.43 bits per heavy atom. The molecule has 0 saturated heterocycles. The van der Waals surface area contributed by atoms with Crippen molar-refractivity contribution >= 4 is 22.3 Å². The van der Waals surface area contributed by atoms with Gasteiger partial charge in [-0.3, -0.25) is 4.21 Å². The number of anilines is 2. The van der Waals surface area contributed by atoms with Gasteiger partial charge in [-0.25, -0.2) is 4.98 Å². The van der Waals surface area contributed by atoms with Crippen molar-refractivity contribution in [3.63, 3.8) is 0 Å². The summed E-state index contributed by atoms with van der Waals surface area (Å²) in [5.41, 5.74) is 6.47. The van der Waals surface area contributed by atoms with Crippen molar-refractivity contribution < 1.29 is 4.21 Å². The van der Waals surface area contributed by atoms with E-state index in [4.69, 9.17) is 5.73 Å². The third-order valence-electron chi connectivity index (χ3n) is 1.76. The topological polar surface area (TPSA) is 68.0 Å². The summed E-state index contributed by atoms with van der Waals surface area (Å²) >= 11 is 0. The lowest BCUT2D eigenvalue weighted by Gasteiger charge is -2.06. The first-order valence-corrected chi connectivity index (χ1v) is 6.17. The number of rotatable bonds is 5. The number of hydrogen-bond acceptors (Lipinski definition) is 4. The SMILES string of the molecule is CS(=O)CCCNc1cccnc1N. The molecule has 1 heterocycles. The molecule has 5 heteroatoms. The van der Waals surface area contributed by atoms with Crippen LogP contribution in [0.4, 0.5) is 11.5 Å². The van der Waals surface area contributed by atoms with E-state index in [-0.39, 0.29) is 0 Å². The van der Waals surface area contributed by atoms with Gasteiger partial charge < -0.3 is 11.1 Å². The van der Waals surface area contributed by atoms with E-state index in [1.54, 1.807) is 12.5 Å². The minimum absolute atomic E-state index is 0.505. The zero-order valence-corrected chi connectivity index (χ0v) is 9.01. The van der Waals surface area contributed by atoms with Crippen LogP contribution in [0.2, 0.25) is 0 Å². The molecule has 0 aromatic carbocycles. The first-order valence-electron chi connectivity index (χ1n) is 4.44. The minimum Gasteiger partial charge on any atom is -0.382 e. The number of pyridine rings is 1. The van der Waals surface area contributed by atoms with Gasteiger partial charge in [0.05, 0.1) is 5.69 Å². The van der Waals surface area contributed by atoms with Crippen LogP contribution in [0.15, 0.2) is 18.3 Å². The molecule has 0 aliphatic carbocycles. The van der Waals surface area contributed by atoms with Crippen LogP contribution in [-0.4, -0.2) is 27.7 Å². The number of hydrogen-bond donors (Lipinski definition) is 2. The molecule has 1 unspecified atom stereocenters. The summed E-state index contributed by atoms with van der Waals surface area (Å²) in [7, 11) is -0.716. The highest BCUT2D eigenvalue weighted by atomic mass is 32.2. The molecular weight excluding hydrogens is 198 g/mol. The van der Waals surface area contributed by atoms with Crippen LogP contribution >= 0.6 is 0 Å². The number of nitrogens with one attached hydrogen (secondary N) is 1. The Balaban J connectivity index is 2.31. The van der Waals surface area contributed by atoms with Crippen molar-refractivity contribution in [3.8, 4) is 0 Å². The highest BCUT2D eigenvalue weighted by Gasteiger charge is 1.97. The second-order valence-electron chi connectivity index (χ2n) is 2.99. The maximum absolute atomic E-state index is 10.8. The zero-order valence-electron chi connectivity index (χ0n) is 8.19. The average molecular weight is 213 g/mol. The Labute approximate surface area is 86.4 Å². The normalized spacial score (nSPS) is 12.4. The average Bonchev–Trinajstić information content (AvgIpc) is 2.15. The lowest BCUT2D eigenvalue weighted by atomic mass is 10.3. The zero-order chi connectivity index (χ0) is 10.4. The van der Waals surface area contributed by atoms with E-state index < -0.39 is 10.8 Å². The predicted octanol–water partition coefficient (Wildman–Crippen LogP) is 0.844. The molecule has 1 aromatic rings. The maximum atomic E-state index is 10.8. The Hall–Kier alpha value is -1.10. The van der Waals surface area contributed by atoms with Gasteiger partial charge in [-0.1, -0.05) is 0 Å². The molecule has 4 nitrogen and oxygen atoms in total. The van der Waals surface area contributed by atoms with Gasteiger partial charge in [0.25, 0.3) is 0 Å². The van der Waals surface area contributed by atoms with E-state index in [1.807, 2.05) is 12.1 Å². The highest BCUT2D eigenvalue weighted by Crippen LogP contribution is 2.12. The van der Waals surface area contributed by atoms with Crippen molar-refractivity contribution in [2.45, 2.75) is 6.42 Å². The van der Waals surface area contributed by atoms with Gasteiger partial charge in [-0.05, 0) is 18.6 Å². The molecule has 0 saturated carbocycles. The Kier molecular flexibility index (Phi) is 4.39. The molecule has 0 spiro atoms. The predicted molar refractivity (Wildman–Crippen MR) is 60.7 cm³/mol. The molecular formula is C9H15N3OS. The summed E-state index contributed by atoms with van der Waals surface area (Å²) in [5, 5.41) is 3.15. The van der Waals surface area contributed by atoms with Crippen LogP contribution in [0, 0.1) is 0 Å². The van der Waals surface area contributed by atoms with Crippen molar-refractivity contribution in [3.05, 3.63) is 18.3 Å². The summed E-state index contributed by atoms with van der Waals surface area (Å²) in [6.45, 7) is 0.773. The van der Waals surface area contributed by atoms with Crippen molar-refractivity contribution in [2.24, 2.45) is 0 Å². The van der Waals surface area contributed by atoms with E-state index >= 15 is 0 Å². The van der Waals surface area contributed by atoms with Gasteiger partial charge in [0.1, 0.15) is 5.82 Å². The molecule has 1 aromatic heterocycles. The molecule has 14 heavy (non-hydrogen) atoms. The van der Waals surface area contributed by atoms with E-state index in [0.717, 1.165) is 18.7 Å². The smallest absolute Gasteiger partial charge is 0.146 e. The van der Waals surface area contributed by atoms with Gasteiger partial charge >= 0.3 is 0 Å². The summed E-state index contributed by atoms with van der Waals surface area (Å²) in [4.78, 5) is 3.95. The molecule has 0 bridgehead atoms. The molecule has 1 rings (SSSR count). The largest absolute Gasteiger partial charge is 0.382 e. The number of nitrogen functional groups attached to an aromatic ring is 1. The quantitative estimate of drug-likeness (QED) is 0.711. The van der Waals surface area contributed by atoms with Crippen LogP contribution in [0.3, 0.4) is 0 Å². The number of aromatic nitrogens is 1. The van der Waals surface area contributed by atoms with E-state index in [2.05, 4.69) is 10.3 Å². The third-order valence-corrected chi connectivity index (χ3v) is 2.63. The number of nitrogens with two attached hydrogens (primary N) is 1. The van der Waals surface area contributed by atoms with Gasteiger partial charge in [0.15, 0.2) is 0 Å². The van der Waals surface area contributed by atoms with Crippen molar-refractivity contribution in [1.29, 1.82) is 0 Å².